The number of benzene rings is 2. The molecule has 0 aliphatic rings. The molecule has 2 aromatic rings. The third kappa shape index (κ3) is 7.75. The number of para-hydroxylation sites is 1. The number of anilines is 1. The molecule has 2 amide bonds. The molecule has 0 bridgehead atoms. The largest absolute Gasteiger partial charge is 0.354 e. The fourth-order valence-corrected chi connectivity index (χ4v) is 4.52. The van der Waals surface area contributed by atoms with E-state index in [0.717, 1.165) is 34.5 Å². The fraction of sp³-hybridized carbons (Fsp3) is 0.417. The van der Waals surface area contributed by atoms with Gasteiger partial charge in [0.15, 0.2) is 0 Å². The van der Waals surface area contributed by atoms with Crippen LogP contribution in [-0.2, 0) is 26.2 Å². The predicted octanol–water partition coefficient (Wildman–Crippen LogP) is 3.75. The number of hydrogen-bond donors (Lipinski definition) is 1. The minimum absolute atomic E-state index is 0.170. The zero-order valence-electron chi connectivity index (χ0n) is 19.5. The zero-order chi connectivity index (χ0) is 24.6. The minimum Gasteiger partial charge on any atom is -0.354 e. The van der Waals surface area contributed by atoms with E-state index < -0.39 is 28.5 Å². The molecule has 0 saturated heterocycles. The van der Waals surface area contributed by atoms with Crippen molar-refractivity contribution in [2.75, 3.05) is 23.7 Å². The maximum absolute atomic E-state index is 13.4. The molecule has 0 fully saturated rings. The van der Waals surface area contributed by atoms with E-state index in [-0.39, 0.29) is 23.2 Å². The first-order chi connectivity index (χ1) is 15.5. The van der Waals surface area contributed by atoms with Gasteiger partial charge in [0.1, 0.15) is 12.6 Å². The van der Waals surface area contributed by atoms with Gasteiger partial charge >= 0.3 is 0 Å². The van der Waals surface area contributed by atoms with Gasteiger partial charge in [0.2, 0.25) is 21.8 Å². The van der Waals surface area contributed by atoms with Crippen LogP contribution < -0.4 is 9.62 Å². The van der Waals surface area contributed by atoms with E-state index in [2.05, 4.69) is 5.32 Å². The molecule has 7 nitrogen and oxygen atoms in total. The van der Waals surface area contributed by atoms with Crippen LogP contribution in [0.3, 0.4) is 0 Å². The van der Waals surface area contributed by atoms with E-state index in [9.17, 15) is 18.0 Å². The summed E-state index contributed by atoms with van der Waals surface area (Å²) < 4.78 is 26.1. The molecule has 0 spiro atoms. The van der Waals surface area contributed by atoms with Crippen molar-refractivity contribution in [3.8, 4) is 0 Å². The van der Waals surface area contributed by atoms with Crippen molar-refractivity contribution in [2.45, 2.75) is 46.2 Å². The van der Waals surface area contributed by atoms with Crippen molar-refractivity contribution in [3.63, 3.8) is 0 Å². The molecular weight excluding hydrogens is 462 g/mol. The van der Waals surface area contributed by atoms with Gasteiger partial charge in [-0.2, -0.15) is 0 Å². The molecule has 0 heterocycles. The van der Waals surface area contributed by atoms with E-state index in [1.165, 1.54) is 4.90 Å². The maximum atomic E-state index is 13.4. The van der Waals surface area contributed by atoms with Gasteiger partial charge < -0.3 is 10.2 Å². The molecule has 1 atom stereocenters. The van der Waals surface area contributed by atoms with Crippen molar-refractivity contribution in [2.24, 2.45) is 0 Å². The highest BCUT2D eigenvalue weighted by molar-refractivity contribution is 7.92. The highest BCUT2D eigenvalue weighted by Gasteiger charge is 2.30. The molecule has 0 saturated carbocycles. The molecule has 9 heteroatoms. The lowest BCUT2D eigenvalue weighted by Gasteiger charge is -2.31. The zero-order valence-corrected chi connectivity index (χ0v) is 21.1. The molecule has 2 rings (SSSR count). The molecule has 2 aromatic carbocycles. The maximum Gasteiger partial charge on any atom is 0.244 e. The summed E-state index contributed by atoms with van der Waals surface area (Å²) in [6, 6.07) is 13.3. The summed E-state index contributed by atoms with van der Waals surface area (Å²) in [7, 11) is -3.81. The van der Waals surface area contributed by atoms with Crippen LogP contribution in [0, 0.1) is 6.92 Å². The van der Waals surface area contributed by atoms with Gasteiger partial charge in [-0.1, -0.05) is 66.9 Å². The van der Waals surface area contributed by atoms with E-state index in [4.69, 9.17) is 11.6 Å². The Morgan fingerprint density at radius 3 is 2.42 bits per heavy atom. The van der Waals surface area contributed by atoms with Crippen LogP contribution in [0.25, 0.3) is 0 Å². The first kappa shape index (κ1) is 26.7. The Kier molecular flexibility index (Phi) is 9.73. The van der Waals surface area contributed by atoms with E-state index >= 15 is 0 Å². The fourth-order valence-electron chi connectivity index (χ4n) is 3.37. The van der Waals surface area contributed by atoms with E-state index in [0.29, 0.717) is 6.54 Å². The van der Waals surface area contributed by atoms with Gasteiger partial charge in [-0.15, -0.1) is 0 Å². The van der Waals surface area contributed by atoms with Gasteiger partial charge in [-0.25, -0.2) is 8.42 Å². The first-order valence-corrected chi connectivity index (χ1v) is 13.1. The van der Waals surface area contributed by atoms with Crippen molar-refractivity contribution >= 4 is 39.1 Å². The third-order valence-corrected chi connectivity index (χ3v) is 6.68. The summed E-state index contributed by atoms with van der Waals surface area (Å²) in [5.74, 6) is -0.784. The summed E-state index contributed by atoms with van der Waals surface area (Å²) in [6.07, 6.45) is 2.79. The molecule has 0 aliphatic heterocycles. The first-order valence-electron chi connectivity index (χ1n) is 10.9. The lowest BCUT2D eigenvalue weighted by atomic mass is 10.1. The van der Waals surface area contributed by atoms with Crippen LogP contribution in [-0.4, -0.2) is 50.5 Å². The molecule has 180 valence electrons. The van der Waals surface area contributed by atoms with Crippen LogP contribution in [0.15, 0.2) is 48.5 Å². The number of carbonyl (C=O) groups excluding carboxylic acids is 2. The van der Waals surface area contributed by atoms with Crippen LogP contribution in [0.4, 0.5) is 5.69 Å². The standard InChI is InChI=1S/C24H32ClN3O4S/c1-5-6-14-26-24(30)19(3)27(16-20-11-9-10-18(2)15-20)23(29)17-28(33(4,31)32)22-13-8-7-12-21(22)25/h7-13,15,19H,5-6,14,16-17H2,1-4H3,(H,26,30)/t19-/m0/s1. The number of nitrogens with zero attached hydrogens (tertiary/aromatic N) is 2. The normalized spacial score (nSPS) is 12.2. The summed E-state index contributed by atoms with van der Waals surface area (Å²) in [4.78, 5) is 27.6. The van der Waals surface area contributed by atoms with Crippen molar-refractivity contribution in [3.05, 3.63) is 64.7 Å². The molecule has 0 radical (unpaired) electrons. The Morgan fingerprint density at radius 2 is 1.82 bits per heavy atom. The van der Waals surface area contributed by atoms with Gasteiger partial charge in [0, 0.05) is 13.1 Å². The molecule has 33 heavy (non-hydrogen) atoms. The number of hydrogen-bond acceptors (Lipinski definition) is 4. The van der Waals surface area contributed by atoms with Gasteiger partial charge in [-0.05, 0) is 38.0 Å². The minimum atomic E-state index is -3.81. The second-order valence-electron chi connectivity index (χ2n) is 8.05. The number of nitrogens with one attached hydrogen (secondary N) is 1. The van der Waals surface area contributed by atoms with Crippen molar-refractivity contribution < 1.29 is 18.0 Å². The Balaban J connectivity index is 2.36. The van der Waals surface area contributed by atoms with Gasteiger partial charge in [0.05, 0.1) is 17.0 Å². The lowest BCUT2D eigenvalue weighted by Crippen LogP contribution is -2.51. The van der Waals surface area contributed by atoms with Crippen molar-refractivity contribution in [1.82, 2.24) is 10.2 Å². The SMILES string of the molecule is CCCCNC(=O)[C@H](C)N(Cc1cccc(C)c1)C(=O)CN(c1ccccc1Cl)S(C)(=O)=O. The summed E-state index contributed by atoms with van der Waals surface area (Å²) in [5, 5.41) is 3.07. The molecule has 0 aliphatic carbocycles. The molecular formula is C24H32ClN3O4S. The van der Waals surface area contributed by atoms with Crippen molar-refractivity contribution in [1.29, 1.82) is 0 Å². The number of carbonyl (C=O) groups is 2. The number of unbranched alkanes of at least 4 members (excludes halogenated alkanes) is 1. The number of halogens is 1. The van der Waals surface area contributed by atoms with Crippen LogP contribution in [0.2, 0.25) is 5.02 Å². The number of amides is 2. The Morgan fingerprint density at radius 1 is 1.12 bits per heavy atom. The van der Waals surface area contributed by atoms with Gasteiger partial charge in [0.25, 0.3) is 0 Å². The molecule has 1 N–H and O–H groups in total. The van der Waals surface area contributed by atoms with Crippen LogP contribution in [0.5, 0.6) is 0 Å². The number of rotatable bonds is 11. The van der Waals surface area contributed by atoms with Crippen LogP contribution >= 0.6 is 11.6 Å². The summed E-state index contributed by atoms with van der Waals surface area (Å²) in [6.45, 7) is 5.83. The average molecular weight is 494 g/mol. The highest BCUT2D eigenvalue weighted by Crippen LogP contribution is 2.27. The number of sulfonamides is 1. The third-order valence-electron chi connectivity index (χ3n) is 5.23. The second kappa shape index (κ2) is 12.0. The lowest BCUT2D eigenvalue weighted by molar-refractivity contribution is -0.139. The molecule has 0 aromatic heterocycles. The van der Waals surface area contributed by atoms with Crippen LogP contribution in [0.1, 0.15) is 37.8 Å². The summed E-state index contributed by atoms with van der Waals surface area (Å²) >= 11 is 6.22. The van der Waals surface area contributed by atoms with E-state index in [1.807, 2.05) is 38.1 Å². The number of aryl methyl sites for hydroxylation is 1. The van der Waals surface area contributed by atoms with Gasteiger partial charge in [-0.3, -0.25) is 13.9 Å². The topological polar surface area (TPSA) is 86.8 Å². The monoisotopic (exact) mass is 493 g/mol. The van der Waals surface area contributed by atoms with E-state index in [1.54, 1.807) is 31.2 Å². The Bertz CT molecular complexity index is 1070. The Hall–Kier alpha value is -2.58. The Labute approximate surface area is 201 Å². The quantitative estimate of drug-likeness (QED) is 0.483. The summed E-state index contributed by atoms with van der Waals surface area (Å²) in [5.41, 5.74) is 2.08. The second-order valence-corrected chi connectivity index (χ2v) is 10.4. The predicted molar refractivity (Wildman–Crippen MR) is 133 cm³/mol. The highest BCUT2D eigenvalue weighted by atomic mass is 35.5. The average Bonchev–Trinajstić information content (AvgIpc) is 2.75. The smallest absolute Gasteiger partial charge is 0.244 e. The molecule has 0 unspecified atom stereocenters.